The number of nitrogens with zero attached hydrogens (tertiary/aromatic N) is 1. The number of sulfonamides is 1. The molecule has 10 heteroatoms. The van der Waals surface area contributed by atoms with E-state index in [2.05, 4.69) is 10.0 Å². The minimum atomic E-state index is -3.36. The van der Waals surface area contributed by atoms with Crippen molar-refractivity contribution < 1.29 is 26.7 Å². The summed E-state index contributed by atoms with van der Waals surface area (Å²) >= 11 is 0. The Morgan fingerprint density at radius 2 is 1.59 bits per heavy atom. The summed E-state index contributed by atoms with van der Waals surface area (Å²) in [5.41, 5.74) is -0.0336. The molecule has 32 heavy (non-hydrogen) atoms. The van der Waals surface area contributed by atoms with Crippen LogP contribution in [0, 0.1) is 17.6 Å². The van der Waals surface area contributed by atoms with Gasteiger partial charge in [-0.1, -0.05) is 0 Å². The minimum Gasteiger partial charge on any atom is -0.372 e. The summed E-state index contributed by atoms with van der Waals surface area (Å²) in [6.07, 6.45) is 1.81. The molecule has 0 aromatic heterocycles. The second kappa shape index (κ2) is 10.0. The fourth-order valence-electron chi connectivity index (χ4n) is 4.39. The SMILES string of the molecule is CC(C)S(=O)(=O)N[C@H]1CC[C@H](C(=O)Nc2cc(F)c(N3C[C@@H](C)O[C@@H](C)C3)c(F)c2)CC1. The number of benzene rings is 1. The molecule has 0 unspecified atom stereocenters. The summed E-state index contributed by atoms with van der Waals surface area (Å²) in [4.78, 5) is 14.3. The standard InChI is InChI=1S/C22H33F2N3O4S/c1-13(2)32(29,30)26-17-7-5-16(6-8-17)22(28)25-18-9-19(23)21(20(24)10-18)27-11-14(3)31-15(4)12-27/h9-10,13-17,26H,5-8,11-12H2,1-4H3,(H,25,28)/t14-,15+,16-,17-. The summed E-state index contributed by atoms with van der Waals surface area (Å²) in [7, 11) is -3.36. The Hall–Kier alpha value is -1.78. The first-order chi connectivity index (χ1) is 15.0. The molecule has 1 saturated heterocycles. The maximum Gasteiger partial charge on any atom is 0.227 e. The van der Waals surface area contributed by atoms with Crippen LogP contribution in [0.5, 0.6) is 0 Å². The largest absolute Gasteiger partial charge is 0.372 e. The third-order valence-electron chi connectivity index (χ3n) is 6.07. The lowest BCUT2D eigenvalue weighted by molar-refractivity contribution is -0.120. The maximum absolute atomic E-state index is 14.8. The molecular weight excluding hydrogens is 440 g/mol. The monoisotopic (exact) mass is 473 g/mol. The predicted molar refractivity (Wildman–Crippen MR) is 120 cm³/mol. The van der Waals surface area contributed by atoms with Gasteiger partial charge in [0, 0.05) is 30.7 Å². The summed E-state index contributed by atoms with van der Waals surface area (Å²) in [5.74, 6) is -2.10. The van der Waals surface area contributed by atoms with Crippen molar-refractivity contribution in [1.82, 2.24) is 4.72 Å². The lowest BCUT2D eigenvalue weighted by Gasteiger charge is -2.37. The number of hydrogen-bond donors (Lipinski definition) is 2. The van der Waals surface area contributed by atoms with Crippen molar-refractivity contribution in [3.8, 4) is 0 Å². The minimum absolute atomic E-state index is 0.0748. The van der Waals surface area contributed by atoms with E-state index in [1.165, 1.54) is 0 Å². The number of rotatable bonds is 6. The van der Waals surface area contributed by atoms with E-state index in [1.807, 2.05) is 13.8 Å². The lowest BCUT2D eigenvalue weighted by Crippen LogP contribution is -2.46. The molecule has 180 valence electrons. The third-order valence-corrected chi connectivity index (χ3v) is 7.97. The molecule has 2 fully saturated rings. The second-order valence-corrected chi connectivity index (χ2v) is 11.5. The quantitative estimate of drug-likeness (QED) is 0.661. The van der Waals surface area contributed by atoms with Gasteiger partial charge in [0.2, 0.25) is 15.9 Å². The third kappa shape index (κ3) is 5.96. The van der Waals surface area contributed by atoms with Crippen molar-refractivity contribution in [3.63, 3.8) is 0 Å². The molecule has 1 aliphatic carbocycles. The van der Waals surface area contributed by atoms with Crippen LogP contribution >= 0.6 is 0 Å². The summed E-state index contributed by atoms with van der Waals surface area (Å²) < 4.78 is 61.9. The van der Waals surface area contributed by atoms with E-state index in [0.29, 0.717) is 38.8 Å². The average molecular weight is 474 g/mol. The van der Waals surface area contributed by atoms with Gasteiger partial charge in [-0.15, -0.1) is 0 Å². The molecule has 7 nitrogen and oxygen atoms in total. The number of nitrogens with one attached hydrogen (secondary N) is 2. The topological polar surface area (TPSA) is 87.7 Å². The van der Waals surface area contributed by atoms with Gasteiger partial charge in [-0.25, -0.2) is 21.9 Å². The van der Waals surface area contributed by atoms with E-state index in [0.717, 1.165) is 12.1 Å². The number of anilines is 2. The zero-order valence-corrected chi connectivity index (χ0v) is 19.8. The van der Waals surface area contributed by atoms with Crippen molar-refractivity contribution in [2.75, 3.05) is 23.3 Å². The molecule has 2 atom stereocenters. The molecule has 1 aromatic rings. The van der Waals surface area contributed by atoms with Gasteiger partial charge >= 0.3 is 0 Å². The molecular formula is C22H33F2N3O4S. The van der Waals surface area contributed by atoms with Gasteiger partial charge in [-0.3, -0.25) is 4.79 Å². The Morgan fingerprint density at radius 3 is 2.09 bits per heavy atom. The fourth-order valence-corrected chi connectivity index (χ4v) is 5.36. The molecule has 2 N–H and O–H groups in total. The normalized spacial score (nSPS) is 26.9. The molecule has 1 saturated carbocycles. The first-order valence-electron chi connectivity index (χ1n) is 11.2. The predicted octanol–water partition coefficient (Wildman–Crippen LogP) is 3.40. The highest BCUT2D eigenvalue weighted by molar-refractivity contribution is 7.90. The number of hydrogen-bond acceptors (Lipinski definition) is 5. The van der Waals surface area contributed by atoms with E-state index < -0.39 is 26.9 Å². The van der Waals surface area contributed by atoms with Crippen LogP contribution < -0.4 is 14.9 Å². The van der Waals surface area contributed by atoms with Gasteiger partial charge in [-0.2, -0.15) is 0 Å². The zero-order valence-electron chi connectivity index (χ0n) is 19.0. The average Bonchev–Trinajstić information content (AvgIpc) is 2.66. The summed E-state index contributed by atoms with van der Waals surface area (Å²) in [5, 5.41) is 2.11. The molecule has 2 aliphatic rings. The molecule has 3 rings (SSSR count). The zero-order chi connectivity index (χ0) is 23.6. The highest BCUT2D eigenvalue weighted by Gasteiger charge is 2.31. The van der Waals surface area contributed by atoms with Gasteiger partial charge in [0.15, 0.2) is 11.6 Å². The molecule has 0 radical (unpaired) electrons. The Balaban J connectivity index is 1.60. The first-order valence-corrected chi connectivity index (χ1v) is 12.7. The van der Waals surface area contributed by atoms with Crippen LogP contribution in [0.2, 0.25) is 0 Å². The van der Waals surface area contributed by atoms with E-state index in [1.54, 1.807) is 18.7 Å². The van der Waals surface area contributed by atoms with E-state index in [4.69, 9.17) is 4.74 Å². The van der Waals surface area contributed by atoms with Crippen molar-refractivity contribution >= 4 is 27.3 Å². The van der Waals surface area contributed by atoms with Gasteiger partial charge in [-0.05, 0) is 65.5 Å². The van der Waals surface area contributed by atoms with Crippen LogP contribution in [0.4, 0.5) is 20.2 Å². The number of amides is 1. The van der Waals surface area contributed by atoms with E-state index in [-0.39, 0.29) is 41.4 Å². The molecule has 1 aromatic carbocycles. The Bertz CT molecular complexity index is 900. The van der Waals surface area contributed by atoms with Gasteiger partial charge < -0.3 is 15.0 Å². The lowest BCUT2D eigenvalue weighted by atomic mass is 9.86. The maximum atomic E-state index is 14.8. The Labute approximate surface area is 188 Å². The molecule has 0 spiro atoms. The smallest absolute Gasteiger partial charge is 0.227 e. The number of halogens is 2. The molecule has 1 aliphatic heterocycles. The van der Waals surface area contributed by atoms with E-state index in [9.17, 15) is 22.0 Å². The van der Waals surface area contributed by atoms with Crippen molar-refractivity contribution in [1.29, 1.82) is 0 Å². The number of carbonyl (C=O) groups is 1. The van der Waals surface area contributed by atoms with Crippen LogP contribution in [-0.4, -0.2) is 50.9 Å². The van der Waals surface area contributed by atoms with E-state index >= 15 is 0 Å². The van der Waals surface area contributed by atoms with Gasteiger partial charge in [0.25, 0.3) is 0 Å². The van der Waals surface area contributed by atoms with Crippen molar-refractivity contribution in [3.05, 3.63) is 23.8 Å². The van der Waals surface area contributed by atoms with Crippen LogP contribution in [0.1, 0.15) is 53.4 Å². The van der Waals surface area contributed by atoms with Crippen LogP contribution in [0.3, 0.4) is 0 Å². The second-order valence-electron chi connectivity index (χ2n) is 9.20. The fraction of sp³-hybridized carbons (Fsp3) is 0.682. The Morgan fingerprint density at radius 1 is 1.06 bits per heavy atom. The first kappa shape index (κ1) is 24.9. The Kier molecular flexibility index (Phi) is 7.77. The number of carbonyl (C=O) groups excluding carboxylic acids is 1. The molecule has 0 bridgehead atoms. The number of ether oxygens (including phenoxy) is 1. The van der Waals surface area contributed by atoms with Crippen molar-refractivity contribution in [2.45, 2.75) is 76.9 Å². The highest BCUT2D eigenvalue weighted by atomic mass is 32.2. The van der Waals surface area contributed by atoms with Crippen LogP contribution in [0.15, 0.2) is 12.1 Å². The molecule has 1 heterocycles. The van der Waals surface area contributed by atoms with Crippen LogP contribution in [-0.2, 0) is 19.6 Å². The highest BCUT2D eigenvalue weighted by Crippen LogP contribution is 2.31. The summed E-state index contributed by atoms with van der Waals surface area (Å²) in [6, 6.07) is 2.09. The summed E-state index contributed by atoms with van der Waals surface area (Å²) in [6.45, 7) is 7.71. The van der Waals surface area contributed by atoms with Gasteiger partial charge in [0.05, 0.1) is 17.5 Å². The van der Waals surface area contributed by atoms with Crippen molar-refractivity contribution in [2.24, 2.45) is 5.92 Å². The molecule has 1 amide bonds. The van der Waals surface area contributed by atoms with Gasteiger partial charge in [0.1, 0.15) is 5.69 Å². The van der Waals surface area contributed by atoms with Crippen LogP contribution in [0.25, 0.3) is 0 Å². The number of morpholine rings is 1.